The van der Waals surface area contributed by atoms with Gasteiger partial charge in [-0.15, -0.1) is 0 Å². The van der Waals surface area contributed by atoms with Gasteiger partial charge in [-0.1, -0.05) is 0 Å². The molecular formula is C7H5F5O3. The second kappa shape index (κ2) is 4.03. The summed E-state index contributed by atoms with van der Waals surface area (Å²) in [5.74, 6) is -11.1. The van der Waals surface area contributed by atoms with E-state index in [-0.39, 0.29) is 0 Å². The molecule has 0 aliphatic rings. The maximum atomic E-state index is 12.2. The molecule has 0 rings (SSSR count). The van der Waals surface area contributed by atoms with E-state index < -0.39 is 35.9 Å². The lowest BCUT2D eigenvalue weighted by molar-refractivity contribution is -0.268. The molecule has 8 heteroatoms. The molecule has 0 fully saturated rings. The van der Waals surface area contributed by atoms with Gasteiger partial charge < -0.3 is 0 Å². The highest BCUT2D eigenvalue weighted by Crippen LogP contribution is 2.36. The molecule has 0 N–H and O–H groups in total. The van der Waals surface area contributed by atoms with Crippen molar-refractivity contribution in [3.8, 4) is 0 Å². The van der Waals surface area contributed by atoms with E-state index in [9.17, 15) is 36.3 Å². The normalized spacial score (nSPS) is 12.4. The Morgan fingerprint density at radius 1 is 1.00 bits per heavy atom. The van der Waals surface area contributed by atoms with Crippen molar-refractivity contribution in [1.29, 1.82) is 0 Å². The van der Waals surface area contributed by atoms with E-state index in [2.05, 4.69) is 0 Å². The van der Waals surface area contributed by atoms with Crippen LogP contribution in [0, 0.1) is 0 Å². The van der Waals surface area contributed by atoms with Crippen molar-refractivity contribution < 1.29 is 36.3 Å². The van der Waals surface area contributed by atoms with Crippen LogP contribution >= 0.6 is 0 Å². The van der Waals surface area contributed by atoms with Crippen LogP contribution in [0.3, 0.4) is 0 Å². The van der Waals surface area contributed by atoms with Crippen LogP contribution in [0.2, 0.25) is 0 Å². The van der Waals surface area contributed by atoms with Crippen LogP contribution in [0.15, 0.2) is 0 Å². The first-order valence-electron chi connectivity index (χ1n) is 3.51. The molecule has 86 valence electrons. The predicted molar refractivity (Wildman–Crippen MR) is 36.3 cm³/mol. The average molecular weight is 232 g/mol. The van der Waals surface area contributed by atoms with E-state index in [0.29, 0.717) is 6.92 Å². The zero-order chi connectivity index (χ0) is 12.4. The third-order valence-corrected chi connectivity index (χ3v) is 1.42. The molecule has 0 saturated carbocycles. The Kier molecular flexibility index (Phi) is 3.67. The van der Waals surface area contributed by atoms with Crippen LogP contribution in [-0.2, 0) is 14.4 Å². The Balaban J connectivity index is 4.74. The van der Waals surface area contributed by atoms with Gasteiger partial charge in [0.05, 0.1) is 6.42 Å². The standard InChI is InChI=1S/C7H5F5O3/c1-3(13)4(14)2-5(15)6(8,9)7(10,11)12/h2H2,1H3. The maximum Gasteiger partial charge on any atom is 0.461 e. The molecule has 0 aliphatic heterocycles. The van der Waals surface area contributed by atoms with Gasteiger partial charge in [-0.25, -0.2) is 0 Å². The first-order chi connectivity index (χ1) is 6.50. The number of hydrogen-bond acceptors (Lipinski definition) is 3. The highest BCUT2D eigenvalue weighted by molar-refractivity contribution is 6.39. The van der Waals surface area contributed by atoms with Crippen molar-refractivity contribution in [3.05, 3.63) is 0 Å². The molecule has 0 spiro atoms. The summed E-state index contributed by atoms with van der Waals surface area (Å²) in [6.45, 7) is 0.668. The summed E-state index contributed by atoms with van der Waals surface area (Å²) < 4.78 is 59.1. The smallest absolute Gasteiger partial charge is 0.292 e. The van der Waals surface area contributed by atoms with E-state index in [0.717, 1.165) is 0 Å². The summed E-state index contributed by atoms with van der Waals surface area (Å²) in [7, 11) is 0. The van der Waals surface area contributed by atoms with Crippen molar-refractivity contribution in [3.63, 3.8) is 0 Å². The molecule has 0 heterocycles. The number of Topliss-reactive ketones (excluding diaryl/α,β-unsaturated/α-hetero) is 3. The number of hydrogen-bond donors (Lipinski definition) is 0. The first-order valence-corrected chi connectivity index (χ1v) is 3.51. The molecule has 0 atom stereocenters. The highest BCUT2D eigenvalue weighted by atomic mass is 19.4. The highest BCUT2D eigenvalue weighted by Gasteiger charge is 2.62. The summed E-state index contributed by atoms with van der Waals surface area (Å²) in [5, 5.41) is 0. The molecule has 15 heavy (non-hydrogen) atoms. The lowest BCUT2D eigenvalue weighted by atomic mass is 10.1. The lowest BCUT2D eigenvalue weighted by Crippen LogP contribution is -2.45. The van der Waals surface area contributed by atoms with E-state index in [1.54, 1.807) is 0 Å². The number of carbonyl (C=O) groups is 3. The summed E-state index contributed by atoms with van der Waals surface area (Å²) in [4.78, 5) is 31.1. The SMILES string of the molecule is CC(=O)C(=O)CC(=O)C(F)(F)C(F)(F)F. The van der Waals surface area contributed by atoms with Crippen LogP contribution in [0.25, 0.3) is 0 Å². The van der Waals surface area contributed by atoms with Crippen LogP contribution in [-0.4, -0.2) is 29.4 Å². The zero-order valence-electron chi connectivity index (χ0n) is 7.32. The summed E-state index contributed by atoms with van der Waals surface area (Å²) >= 11 is 0. The van der Waals surface area contributed by atoms with Crippen molar-refractivity contribution in [1.82, 2.24) is 0 Å². The first kappa shape index (κ1) is 13.7. The molecule has 0 bridgehead atoms. The molecule has 0 aromatic heterocycles. The Labute approximate surface area is 80.2 Å². The average Bonchev–Trinajstić information content (AvgIpc) is 2.01. The maximum absolute atomic E-state index is 12.2. The quantitative estimate of drug-likeness (QED) is 0.417. The van der Waals surface area contributed by atoms with Gasteiger partial charge in [0.25, 0.3) is 0 Å². The van der Waals surface area contributed by atoms with Gasteiger partial charge in [0, 0.05) is 6.92 Å². The minimum atomic E-state index is -6.05. The summed E-state index contributed by atoms with van der Waals surface area (Å²) in [6, 6.07) is 0. The third kappa shape index (κ3) is 3.07. The minimum absolute atomic E-state index is 0.668. The molecule has 0 saturated heterocycles. The second-order valence-electron chi connectivity index (χ2n) is 2.65. The van der Waals surface area contributed by atoms with Gasteiger partial charge in [0.15, 0.2) is 5.78 Å². The van der Waals surface area contributed by atoms with Crippen molar-refractivity contribution in [2.24, 2.45) is 0 Å². The van der Waals surface area contributed by atoms with Crippen LogP contribution < -0.4 is 0 Å². The number of carbonyl (C=O) groups excluding carboxylic acids is 3. The van der Waals surface area contributed by atoms with Gasteiger partial charge in [0.1, 0.15) is 0 Å². The number of halogens is 5. The molecule has 0 aliphatic carbocycles. The topological polar surface area (TPSA) is 51.2 Å². The van der Waals surface area contributed by atoms with E-state index in [1.165, 1.54) is 0 Å². The second-order valence-corrected chi connectivity index (χ2v) is 2.65. The largest absolute Gasteiger partial charge is 0.461 e. The number of ketones is 3. The molecule has 0 aromatic rings. The predicted octanol–water partition coefficient (Wildman–Crippen LogP) is 1.30. The molecule has 0 radical (unpaired) electrons. The lowest BCUT2D eigenvalue weighted by Gasteiger charge is -2.17. The monoisotopic (exact) mass is 232 g/mol. The van der Waals surface area contributed by atoms with Crippen molar-refractivity contribution in [2.75, 3.05) is 0 Å². The number of alkyl halides is 5. The van der Waals surface area contributed by atoms with Crippen molar-refractivity contribution in [2.45, 2.75) is 25.4 Å². The van der Waals surface area contributed by atoms with Crippen molar-refractivity contribution >= 4 is 17.3 Å². The molecule has 0 aromatic carbocycles. The van der Waals surface area contributed by atoms with E-state index in [1.807, 2.05) is 0 Å². The number of rotatable bonds is 4. The summed E-state index contributed by atoms with van der Waals surface area (Å²) in [6.07, 6.45) is -7.80. The van der Waals surface area contributed by atoms with E-state index in [4.69, 9.17) is 0 Å². The Bertz CT molecular complexity index is 304. The van der Waals surface area contributed by atoms with Crippen LogP contribution in [0.5, 0.6) is 0 Å². The Hall–Kier alpha value is -1.34. The fourth-order valence-electron chi connectivity index (χ4n) is 0.539. The van der Waals surface area contributed by atoms with Gasteiger partial charge in [-0.2, -0.15) is 22.0 Å². The molecule has 0 unspecified atom stereocenters. The summed E-state index contributed by atoms with van der Waals surface area (Å²) in [5.41, 5.74) is 0. The zero-order valence-corrected chi connectivity index (χ0v) is 7.32. The Morgan fingerprint density at radius 2 is 1.40 bits per heavy atom. The molecule has 3 nitrogen and oxygen atoms in total. The minimum Gasteiger partial charge on any atom is -0.292 e. The van der Waals surface area contributed by atoms with Gasteiger partial charge in [-0.05, 0) is 0 Å². The van der Waals surface area contributed by atoms with Crippen LogP contribution in [0.4, 0.5) is 22.0 Å². The fraction of sp³-hybridized carbons (Fsp3) is 0.571. The van der Waals surface area contributed by atoms with E-state index >= 15 is 0 Å². The van der Waals surface area contributed by atoms with Crippen LogP contribution in [0.1, 0.15) is 13.3 Å². The third-order valence-electron chi connectivity index (χ3n) is 1.42. The fourth-order valence-corrected chi connectivity index (χ4v) is 0.539. The van der Waals surface area contributed by atoms with Gasteiger partial charge >= 0.3 is 12.1 Å². The molecular weight excluding hydrogens is 227 g/mol. The van der Waals surface area contributed by atoms with Gasteiger partial charge in [0.2, 0.25) is 11.6 Å². The Morgan fingerprint density at radius 3 is 1.67 bits per heavy atom. The van der Waals surface area contributed by atoms with Gasteiger partial charge in [-0.3, -0.25) is 14.4 Å². The molecule has 0 amide bonds.